The molecule has 2 aromatic carbocycles. The Morgan fingerprint density at radius 2 is 1.96 bits per heavy atom. The van der Waals surface area contributed by atoms with E-state index in [1.165, 1.54) is 0 Å². The second kappa shape index (κ2) is 7.99. The molecule has 23 heavy (non-hydrogen) atoms. The van der Waals surface area contributed by atoms with Crippen molar-refractivity contribution in [3.8, 4) is 5.75 Å². The normalized spacial score (nSPS) is 10.2. The molecule has 0 saturated heterocycles. The molecule has 0 aliphatic rings. The van der Waals surface area contributed by atoms with Crippen LogP contribution in [0, 0.1) is 0 Å². The van der Waals surface area contributed by atoms with Crippen LogP contribution in [0.25, 0.3) is 0 Å². The minimum atomic E-state index is -0.451. The second-order valence-electron chi connectivity index (χ2n) is 4.64. The minimum absolute atomic E-state index is 0.0970. The average Bonchev–Trinajstić information content (AvgIpc) is 2.51. The Morgan fingerprint density at radius 1 is 1.22 bits per heavy atom. The van der Waals surface area contributed by atoms with Gasteiger partial charge in [-0.05, 0) is 30.3 Å². The second-order valence-corrected chi connectivity index (χ2v) is 5.96. The Kier molecular flexibility index (Phi) is 6.01. The van der Waals surface area contributed by atoms with Gasteiger partial charge in [-0.1, -0.05) is 39.7 Å². The highest BCUT2D eigenvalue weighted by molar-refractivity contribution is 9.10. The van der Waals surface area contributed by atoms with Gasteiger partial charge in [-0.15, -0.1) is 0 Å². The summed E-state index contributed by atoms with van der Waals surface area (Å²) in [6.07, 6.45) is 0.0970. The Hall–Kier alpha value is -2.05. The molecule has 5 nitrogen and oxygen atoms in total. The van der Waals surface area contributed by atoms with Crippen molar-refractivity contribution < 1.29 is 14.3 Å². The van der Waals surface area contributed by atoms with E-state index in [9.17, 15) is 9.59 Å². The van der Waals surface area contributed by atoms with E-state index in [4.69, 9.17) is 22.1 Å². The van der Waals surface area contributed by atoms with Crippen LogP contribution in [-0.2, 0) is 4.79 Å². The molecular formula is C16H14BrClN2O3. The lowest BCUT2D eigenvalue weighted by Crippen LogP contribution is -2.16. The van der Waals surface area contributed by atoms with Crippen molar-refractivity contribution in [2.45, 2.75) is 6.42 Å². The largest absolute Gasteiger partial charge is 0.491 e. The number of carbonyl (C=O) groups excluding carboxylic acids is 2. The molecule has 3 N–H and O–H groups in total. The van der Waals surface area contributed by atoms with Crippen molar-refractivity contribution in [2.24, 2.45) is 5.73 Å². The molecule has 0 heterocycles. The van der Waals surface area contributed by atoms with Crippen molar-refractivity contribution in [3.05, 3.63) is 57.5 Å². The lowest BCUT2D eigenvalue weighted by atomic mass is 10.2. The Bertz CT molecular complexity index is 737. The molecule has 7 heteroatoms. The standard InChI is InChI=1S/C16H14BrClN2O3/c17-10-5-6-12(18)11(9-10)16(22)20-13-3-1-2-4-14(13)23-8-7-15(19)21/h1-6,9H,7-8H2,(H2,19,21)(H,20,22). The first-order valence-corrected chi connectivity index (χ1v) is 7.91. The number of para-hydroxylation sites is 2. The van der Waals surface area contributed by atoms with E-state index in [1.807, 2.05) is 0 Å². The summed E-state index contributed by atoms with van der Waals surface area (Å²) in [4.78, 5) is 23.1. The van der Waals surface area contributed by atoms with Crippen LogP contribution in [-0.4, -0.2) is 18.4 Å². The zero-order valence-corrected chi connectivity index (χ0v) is 14.4. The van der Waals surface area contributed by atoms with Gasteiger partial charge in [0.1, 0.15) is 5.75 Å². The molecule has 2 aromatic rings. The van der Waals surface area contributed by atoms with Gasteiger partial charge in [0.05, 0.1) is 29.3 Å². The number of benzene rings is 2. The van der Waals surface area contributed by atoms with Gasteiger partial charge in [-0.25, -0.2) is 0 Å². The lowest BCUT2D eigenvalue weighted by Gasteiger charge is -2.12. The number of halogens is 2. The zero-order valence-electron chi connectivity index (χ0n) is 12.0. The molecule has 0 spiro atoms. The third kappa shape index (κ3) is 4.97. The van der Waals surface area contributed by atoms with Gasteiger partial charge in [-0.3, -0.25) is 9.59 Å². The molecule has 0 fully saturated rings. The molecule has 0 aliphatic carbocycles. The predicted octanol–water partition coefficient (Wildman–Crippen LogP) is 3.61. The fourth-order valence-corrected chi connectivity index (χ4v) is 2.38. The summed E-state index contributed by atoms with van der Waals surface area (Å²) in [6.45, 7) is 0.139. The maximum atomic E-state index is 12.4. The van der Waals surface area contributed by atoms with Crippen LogP contribution >= 0.6 is 27.5 Å². The smallest absolute Gasteiger partial charge is 0.257 e. The van der Waals surface area contributed by atoms with Gasteiger partial charge in [0.25, 0.3) is 5.91 Å². The SMILES string of the molecule is NC(=O)CCOc1ccccc1NC(=O)c1cc(Br)ccc1Cl. The van der Waals surface area contributed by atoms with E-state index in [-0.39, 0.29) is 18.9 Å². The van der Waals surface area contributed by atoms with Gasteiger partial charge in [-0.2, -0.15) is 0 Å². The molecular weight excluding hydrogens is 384 g/mol. The number of carbonyl (C=O) groups is 2. The fraction of sp³-hybridized carbons (Fsp3) is 0.125. The van der Waals surface area contributed by atoms with Gasteiger partial charge >= 0.3 is 0 Å². The summed E-state index contributed by atoms with van der Waals surface area (Å²) in [6, 6.07) is 11.9. The summed E-state index contributed by atoms with van der Waals surface area (Å²) < 4.78 is 6.23. The molecule has 0 bridgehead atoms. The number of rotatable bonds is 6. The zero-order chi connectivity index (χ0) is 16.8. The van der Waals surface area contributed by atoms with Gasteiger partial charge in [0.15, 0.2) is 0 Å². The summed E-state index contributed by atoms with van der Waals surface area (Å²) in [5.41, 5.74) is 5.90. The van der Waals surface area contributed by atoms with Gasteiger partial charge in [0, 0.05) is 4.47 Å². The number of hydrogen-bond acceptors (Lipinski definition) is 3. The maximum absolute atomic E-state index is 12.4. The highest BCUT2D eigenvalue weighted by Crippen LogP contribution is 2.26. The molecule has 0 unspecified atom stereocenters. The van der Waals surface area contributed by atoms with Crippen molar-refractivity contribution >= 4 is 45.0 Å². The van der Waals surface area contributed by atoms with E-state index in [0.717, 1.165) is 4.47 Å². The number of anilines is 1. The Labute approximate surface area is 146 Å². The van der Waals surface area contributed by atoms with Crippen LogP contribution in [0.2, 0.25) is 5.02 Å². The quantitative estimate of drug-likeness (QED) is 0.781. The monoisotopic (exact) mass is 396 g/mol. The van der Waals surface area contributed by atoms with Gasteiger partial charge < -0.3 is 15.8 Å². The predicted molar refractivity (Wildman–Crippen MR) is 92.9 cm³/mol. The van der Waals surface area contributed by atoms with Crippen LogP contribution in [0.4, 0.5) is 5.69 Å². The van der Waals surface area contributed by atoms with Crippen molar-refractivity contribution in [2.75, 3.05) is 11.9 Å². The van der Waals surface area contributed by atoms with Crippen LogP contribution in [0.3, 0.4) is 0 Å². The van der Waals surface area contributed by atoms with Crippen LogP contribution < -0.4 is 15.8 Å². The number of amides is 2. The van der Waals surface area contributed by atoms with Crippen LogP contribution in [0.5, 0.6) is 5.75 Å². The molecule has 0 atom stereocenters. The third-order valence-electron chi connectivity index (χ3n) is 2.91. The fourth-order valence-electron chi connectivity index (χ4n) is 1.82. The number of primary amides is 1. The number of nitrogens with two attached hydrogens (primary N) is 1. The van der Waals surface area contributed by atoms with E-state index in [2.05, 4.69) is 21.2 Å². The lowest BCUT2D eigenvalue weighted by molar-refractivity contribution is -0.118. The highest BCUT2D eigenvalue weighted by Gasteiger charge is 2.13. The van der Waals surface area contributed by atoms with Crippen LogP contribution in [0.1, 0.15) is 16.8 Å². The first-order valence-electron chi connectivity index (χ1n) is 6.74. The summed E-state index contributed by atoms with van der Waals surface area (Å²) in [5.74, 6) is -0.358. The molecule has 0 aliphatic heterocycles. The Balaban J connectivity index is 2.14. The maximum Gasteiger partial charge on any atom is 0.257 e. The summed E-state index contributed by atoms with van der Waals surface area (Å²) >= 11 is 9.36. The van der Waals surface area contributed by atoms with Crippen molar-refractivity contribution in [1.82, 2.24) is 0 Å². The minimum Gasteiger partial charge on any atom is -0.491 e. The Morgan fingerprint density at radius 3 is 2.70 bits per heavy atom. The highest BCUT2D eigenvalue weighted by atomic mass is 79.9. The van der Waals surface area contributed by atoms with Crippen LogP contribution in [0.15, 0.2) is 46.9 Å². The number of hydrogen-bond donors (Lipinski definition) is 2. The third-order valence-corrected chi connectivity index (χ3v) is 3.74. The van der Waals surface area contributed by atoms with Crippen molar-refractivity contribution in [1.29, 1.82) is 0 Å². The number of ether oxygens (including phenoxy) is 1. The number of nitrogens with one attached hydrogen (secondary N) is 1. The molecule has 2 rings (SSSR count). The van der Waals surface area contributed by atoms with Gasteiger partial charge in [0.2, 0.25) is 5.91 Å². The molecule has 0 aromatic heterocycles. The average molecular weight is 398 g/mol. The molecule has 0 radical (unpaired) electrons. The van der Waals surface area contributed by atoms with E-state index in [0.29, 0.717) is 22.0 Å². The summed E-state index contributed by atoms with van der Waals surface area (Å²) in [5, 5.41) is 3.09. The molecule has 0 saturated carbocycles. The summed E-state index contributed by atoms with van der Waals surface area (Å²) in [7, 11) is 0. The molecule has 120 valence electrons. The van der Waals surface area contributed by atoms with E-state index >= 15 is 0 Å². The first-order chi connectivity index (χ1) is 11.0. The molecule has 2 amide bonds. The van der Waals surface area contributed by atoms with E-state index < -0.39 is 5.91 Å². The van der Waals surface area contributed by atoms with Crippen molar-refractivity contribution in [3.63, 3.8) is 0 Å². The first kappa shape index (κ1) is 17.3. The van der Waals surface area contributed by atoms with E-state index in [1.54, 1.807) is 42.5 Å². The topological polar surface area (TPSA) is 81.4 Å².